The van der Waals surface area contributed by atoms with E-state index in [1.54, 1.807) is 6.26 Å². The molecule has 2 atom stereocenters. The van der Waals surface area contributed by atoms with Crippen molar-refractivity contribution in [3.8, 4) is 11.4 Å². The van der Waals surface area contributed by atoms with Crippen LogP contribution in [0.5, 0.6) is 0 Å². The molecule has 3 rings (SSSR count). The first kappa shape index (κ1) is 12.9. The van der Waals surface area contributed by atoms with Crippen LogP contribution in [-0.2, 0) is 0 Å². The maximum Gasteiger partial charge on any atom is 0.231 e. The van der Waals surface area contributed by atoms with Gasteiger partial charge in [0.2, 0.25) is 11.7 Å². The smallest absolute Gasteiger partial charge is 0.231 e. The van der Waals surface area contributed by atoms with Gasteiger partial charge in [0, 0.05) is 11.4 Å². The highest BCUT2D eigenvalue weighted by molar-refractivity contribution is 5.91. The predicted octanol–water partition coefficient (Wildman–Crippen LogP) is 3.19. The topological polar surface area (TPSA) is 64.1 Å². The minimum atomic E-state index is 0.152. The van der Waals surface area contributed by atoms with Crippen molar-refractivity contribution < 1.29 is 8.94 Å². The van der Waals surface area contributed by atoms with Crippen LogP contribution in [0.3, 0.4) is 0 Å². The lowest BCUT2D eigenvalue weighted by atomic mass is 10.0. The van der Waals surface area contributed by atoms with E-state index < -0.39 is 0 Å². The van der Waals surface area contributed by atoms with Gasteiger partial charge in [0.05, 0.1) is 11.5 Å². The number of nitrogens with zero attached hydrogens (tertiary/aromatic N) is 2. The number of furan rings is 1. The Labute approximate surface area is 117 Å². The van der Waals surface area contributed by atoms with Gasteiger partial charge in [0.25, 0.3) is 0 Å². The molecule has 0 radical (unpaired) electrons. The van der Waals surface area contributed by atoms with E-state index in [1.165, 1.54) is 0 Å². The first-order valence-corrected chi connectivity index (χ1v) is 6.68. The lowest BCUT2D eigenvalue weighted by molar-refractivity contribution is 0.336. The highest BCUT2D eigenvalue weighted by Crippen LogP contribution is 2.29. The molecule has 104 valence electrons. The predicted molar refractivity (Wildman–Crippen MR) is 76.4 cm³/mol. The number of hydrogen-bond acceptors (Lipinski definition) is 5. The molecule has 5 heteroatoms. The third-order valence-electron chi connectivity index (χ3n) is 3.76. The third-order valence-corrected chi connectivity index (χ3v) is 3.76. The number of para-hydroxylation sites is 1. The van der Waals surface area contributed by atoms with Crippen LogP contribution < -0.4 is 5.32 Å². The van der Waals surface area contributed by atoms with Crippen molar-refractivity contribution in [2.75, 3.05) is 7.05 Å². The fraction of sp³-hybridized carbons (Fsp3) is 0.333. The molecule has 1 aromatic carbocycles. The summed E-state index contributed by atoms with van der Waals surface area (Å²) in [7, 11) is 1.92. The van der Waals surface area contributed by atoms with Gasteiger partial charge in [-0.1, -0.05) is 30.3 Å². The number of rotatable bonds is 4. The molecule has 0 spiro atoms. The van der Waals surface area contributed by atoms with Gasteiger partial charge in [-0.05, 0) is 20.0 Å². The normalized spacial score (nSPS) is 14.6. The van der Waals surface area contributed by atoms with E-state index in [0.29, 0.717) is 11.7 Å². The van der Waals surface area contributed by atoms with E-state index >= 15 is 0 Å². The summed E-state index contributed by atoms with van der Waals surface area (Å²) in [5.41, 5.74) is 1.69. The molecule has 1 N–H and O–H groups in total. The van der Waals surface area contributed by atoms with Crippen molar-refractivity contribution in [3.63, 3.8) is 0 Å². The van der Waals surface area contributed by atoms with E-state index in [1.807, 2.05) is 31.3 Å². The van der Waals surface area contributed by atoms with Crippen molar-refractivity contribution in [1.82, 2.24) is 15.5 Å². The van der Waals surface area contributed by atoms with E-state index in [9.17, 15) is 0 Å². The molecule has 0 saturated carbocycles. The zero-order valence-corrected chi connectivity index (χ0v) is 11.8. The van der Waals surface area contributed by atoms with Crippen LogP contribution in [0.2, 0.25) is 0 Å². The molecule has 0 saturated heterocycles. The summed E-state index contributed by atoms with van der Waals surface area (Å²) in [6.45, 7) is 4.15. The minimum absolute atomic E-state index is 0.152. The van der Waals surface area contributed by atoms with E-state index in [2.05, 4.69) is 29.3 Å². The number of benzene rings is 1. The molecule has 0 amide bonds. The molecule has 20 heavy (non-hydrogen) atoms. The van der Waals surface area contributed by atoms with Gasteiger partial charge in [0.15, 0.2) is 0 Å². The van der Waals surface area contributed by atoms with Gasteiger partial charge in [-0.2, -0.15) is 4.98 Å². The Kier molecular flexibility index (Phi) is 3.28. The Morgan fingerprint density at radius 2 is 2.00 bits per heavy atom. The molecule has 0 fully saturated rings. The third kappa shape index (κ3) is 2.10. The van der Waals surface area contributed by atoms with Crippen LogP contribution in [0.4, 0.5) is 0 Å². The molecule has 2 unspecified atom stereocenters. The quantitative estimate of drug-likeness (QED) is 0.789. The maximum absolute atomic E-state index is 5.51. The van der Waals surface area contributed by atoms with Gasteiger partial charge in [-0.3, -0.25) is 0 Å². The Balaban J connectivity index is 1.98. The van der Waals surface area contributed by atoms with Crippen LogP contribution in [0.15, 0.2) is 39.5 Å². The summed E-state index contributed by atoms with van der Waals surface area (Å²) in [4.78, 5) is 4.49. The molecular weight excluding hydrogens is 254 g/mol. The minimum Gasteiger partial charge on any atom is -0.464 e. The monoisotopic (exact) mass is 271 g/mol. The molecule has 2 heterocycles. The second-order valence-electron chi connectivity index (χ2n) is 4.97. The van der Waals surface area contributed by atoms with Crippen molar-refractivity contribution >= 4 is 11.0 Å². The summed E-state index contributed by atoms with van der Waals surface area (Å²) in [5, 5.41) is 8.26. The molecule has 2 aromatic heterocycles. The lowest BCUT2D eigenvalue weighted by Gasteiger charge is -2.14. The summed E-state index contributed by atoms with van der Waals surface area (Å²) < 4.78 is 10.9. The van der Waals surface area contributed by atoms with Gasteiger partial charge < -0.3 is 14.3 Å². The van der Waals surface area contributed by atoms with Gasteiger partial charge >= 0.3 is 0 Å². The van der Waals surface area contributed by atoms with Gasteiger partial charge in [0.1, 0.15) is 11.8 Å². The average molecular weight is 271 g/mol. The number of aromatic nitrogens is 2. The standard InChI is InChI=1S/C15H17N3O2/c1-9(10(2)16-3)15-17-14(18-20-15)12-8-19-13-7-5-4-6-11(12)13/h4-10,16H,1-3H3. The number of nitrogens with one attached hydrogen (secondary N) is 1. The summed E-state index contributed by atoms with van der Waals surface area (Å²) in [6.07, 6.45) is 1.67. The molecular formula is C15H17N3O2. The van der Waals surface area contributed by atoms with E-state index in [-0.39, 0.29) is 12.0 Å². The average Bonchev–Trinajstić information content (AvgIpc) is 3.11. The SMILES string of the molecule is CNC(C)C(C)c1nc(-c2coc3ccccc23)no1. The summed E-state index contributed by atoms with van der Waals surface area (Å²) in [5.74, 6) is 1.35. The molecule has 0 bridgehead atoms. The fourth-order valence-electron chi connectivity index (χ4n) is 2.14. The summed E-state index contributed by atoms with van der Waals surface area (Å²) in [6, 6.07) is 8.08. The Morgan fingerprint density at radius 1 is 1.20 bits per heavy atom. The van der Waals surface area contributed by atoms with Crippen molar-refractivity contribution in [2.24, 2.45) is 0 Å². The molecule has 5 nitrogen and oxygen atoms in total. The van der Waals surface area contributed by atoms with Crippen LogP contribution in [0.25, 0.3) is 22.4 Å². The highest BCUT2D eigenvalue weighted by atomic mass is 16.5. The Hall–Kier alpha value is -2.14. The van der Waals surface area contributed by atoms with Crippen LogP contribution in [-0.4, -0.2) is 23.2 Å². The number of likely N-dealkylation sites (N-methyl/N-ethyl adjacent to an activating group) is 1. The largest absolute Gasteiger partial charge is 0.464 e. The second kappa shape index (κ2) is 5.09. The zero-order valence-electron chi connectivity index (χ0n) is 11.8. The first-order valence-electron chi connectivity index (χ1n) is 6.68. The lowest BCUT2D eigenvalue weighted by Crippen LogP contribution is -2.27. The Bertz CT molecular complexity index is 717. The van der Waals surface area contributed by atoms with Crippen molar-refractivity contribution in [2.45, 2.75) is 25.8 Å². The van der Waals surface area contributed by atoms with E-state index in [4.69, 9.17) is 8.94 Å². The number of hydrogen-bond donors (Lipinski definition) is 1. The van der Waals surface area contributed by atoms with Crippen LogP contribution in [0.1, 0.15) is 25.7 Å². The first-order chi connectivity index (χ1) is 9.70. The van der Waals surface area contributed by atoms with Crippen LogP contribution >= 0.6 is 0 Å². The number of fused-ring (bicyclic) bond motifs is 1. The van der Waals surface area contributed by atoms with Crippen LogP contribution in [0, 0.1) is 0 Å². The molecule has 0 aliphatic heterocycles. The van der Waals surface area contributed by atoms with Crippen molar-refractivity contribution in [1.29, 1.82) is 0 Å². The maximum atomic E-state index is 5.51. The Morgan fingerprint density at radius 3 is 2.80 bits per heavy atom. The second-order valence-corrected chi connectivity index (χ2v) is 4.97. The van der Waals surface area contributed by atoms with Crippen molar-refractivity contribution in [3.05, 3.63) is 36.4 Å². The van der Waals surface area contributed by atoms with Gasteiger partial charge in [-0.15, -0.1) is 0 Å². The molecule has 3 aromatic rings. The fourth-order valence-corrected chi connectivity index (χ4v) is 2.14. The zero-order chi connectivity index (χ0) is 14.1. The summed E-state index contributed by atoms with van der Waals surface area (Å²) >= 11 is 0. The molecule has 0 aliphatic carbocycles. The van der Waals surface area contributed by atoms with E-state index in [0.717, 1.165) is 16.5 Å². The highest BCUT2D eigenvalue weighted by Gasteiger charge is 2.21. The van der Waals surface area contributed by atoms with Gasteiger partial charge in [-0.25, -0.2) is 0 Å². The molecule has 0 aliphatic rings.